The molecule has 3 rings (SSSR count). The lowest BCUT2D eigenvalue weighted by Crippen LogP contribution is -2.10. The van der Waals surface area contributed by atoms with Gasteiger partial charge in [0.2, 0.25) is 0 Å². The molecule has 0 saturated carbocycles. The van der Waals surface area contributed by atoms with E-state index < -0.39 is 0 Å². The molecule has 3 aromatic rings. The third kappa shape index (κ3) is 2.07. The van der Waals surface area contributed by atoms with Gasteiger partial charge in [-0.25, -0.2) is 0 Å². The van der Waals surface area contributed by atoms with Crippen molar-refractivity contribution >= 4 is 49.8 Å². The van der Waals surface area contributed by atoms with Crippen LogP contribution in [-0.4, -0.2) is 10.9 Å². The second-order valence-corrected chi connectivity index (χ2v) is 5.60. The monoisotopic (exact) mass is 320 g/mol. The quantitative estimate of drug-likeness (QED) is 0.728. The van der Waals surface area contributed by atoms with Crippen LogP contribution in [0.5, 0.6) is 0 Å². The Morgan fingerprint density at radius 1 is 1.28 bits per heavy atom. The van der Waals surface area contributed by atoms with Gasteiger partial charge in [-0.2, -0.15) is 0 Å². The number of carbonyl (C=O) groups excluding carboxylic acids is 1. The van der Waals surface area contributed by atoms with Crippen LogP contribution in [0.2, 0.25) is 0 Å². The summed E-state index contributed by atoms with van der Waals surface area (Å²) in [6, 6.07) is 9.64. The maximum Gasteiger partial charge on any atom is 0.266 e. The summed E-state index contributed by atoms with van der Waals surface area (Å²) >= 11 is 4.78. The van der Waals surface area contributed by atoms with E-state index in [-0.39, 0.29) is 5.91 Å². The fourth-order valence-corrected chi connectivity index (χ4v) is 3.22. The Morgan fingerprint density at radius 3 is 2.94 bits per heavy atom. The van der Waals surface area contributed by atoms with Crippen molar-refractivity contribution in [2.24, 2.45) is 0 Å². The van der Waals surface area contributed by atoms with Gasteiger partial charge in [-0.3, -0.25) is 4.79 Å². The van der Waals surface area contributed by atoms with Crippen LogP contribution in [0.3, 0.4) is 0 Å². The van der Waals surface area contributed by atoms with Crippen LogP contribution in [0.15, 0.2) is 46.4 Å². The zero-order chi connectivity index (χ0) is 12.5. The number of thiophene rings is 1. The van der Waals surface area contributed by atoms with E-state index in [1.807, 2.05) is 41.9 Å². The summed E-state index contributed by atoms with van der Waals surface area (Å²) in [5.74, 6) is -0.0910. The molecule has 90 valence electrons. The highest BCUT2D eigenvalue weighted by Crippen LogP contribution is 2.24. The van der Waals surface area contributed by atoms with Gasteiger partial charge < -0.3 is 10.3 Å². The van der Waals surface area contributed by atoms with E-state index in [1.54, 1.807) is 0 Å². The van der Waals surface area contributed by atoms with Crippen LogP contribution in [0, 0.1) is 0 Å². The lowest BCUT2D eigenvalue weighted by atomic mass is 10.2. The SMILES string of the molecule is O=C(Nc1ccc2[nH]ccc2c1)c1sccc1Br. The molecule has 1 amide bonds. The predicted octanol–water partition coefficient (Wildman–Crippen LogP) is 4.24. The van der Waals surface area contributed by atoms with Gasteiger partial charge in [-0.1, -0.05) is 0 Å². The van der Waals surface area contributed by atoms with Crippen molar-refractivity contribution < 1.29 is 4.79 Å². The number of anilines is 1. The molecule has 0 spiro atoms. The Kier molecular flexibility index (Phi) is 2.93. The summed E-state index contributed by atoms with van der Waals surface area (Å²) < 4.78 is 0.827. The van der Waals surface area contributed by atoms with Crippen LogP contribution in [0.25, 0.3) is 10.9 Å². The number of carbonyl (C=O) groups is 1. The molecule has 2 aromatic heterocycles. The lowest BCUT2D eigenvalue weighted by Gasteiger charge is -2.04. The van der Waals surface area contributed by atoms with Crippen LogP contribution < -0.4 is 5.32 Å². The fraction of sp³-hybridized carbons (Fsp3) is 0. The minimum atomic E-state index is -0.0910. The summed E-state index contributed by atoms with van der Waals surface area (Å²) in [5, 5.41) is 5.86. The van der Waals surface area contributed by atoms with Gasteiger partial charge in [0, 0.05) is 27.3 Å². The van der Waals surface area contributed by atoms with E-state index in [9.17, 15) is 4.79 Å². The molecule has 0 saturated heterocycles. The van der Waals surface area contributed by atoms with Crippen LogP contribution in [0.1, 0.15) is 9.67 Å². The van der Waals surface area contributed by atoms with Gasteiger partial charge in [-0.15, -0.1) is 11.3 Å². The predicted molar refractivity (Wildman–Crippen MR) is 78.3 cm³/mol. The minimum Gasteiger partial charge on any atom is -0.361 e. The smallest absolute Gasteiger partial charge is 0.266 e. The first-order chi connectivity index (χ1) is 8.74. The molecule has 3 nitrogen and oxygen atoms in total. The van der Waals surface area contributed by atoms with Crippen molar-refractivity contribution in [1.29, 1.82) is 0 Å². The fourth-order valence-electron chi connectivity index (χ4n) is 1.77. The number of benzene rings is 1. The maximum atomic E-state index is 12.0. The molecule has 0 aliphatic heterocycles. The lowest BCUT2D eigenvalue weighted by molar-refractivity contribution is 0.103. The van der Waals surface area contributed by atoms with E-state index in [0.29, 0.717) is 4.88 Å². The molecule has 1 aromatic carbocycles. The number of nitrogens with one attached hydrogen (secondary N) is 2. The zero-order valence-electron chi connectivity index (χ0n) is 9.24. The topological polar surface area (TPSA) is 44.9 Å². The second-order valence-electron chi connectivity index (χ2n) is 3.83. The van der Waals surface area contributed by atoms with E-state index in [2.05, 4.69) is 26.2 Å². The summed E-state index contributed by atoms with van der Waals surface area (Å²) in [7, 11) is 0. The number of hydrogen-bond donors (Lipinski definition) is 2. The molecule has 18 heavy (non-hydrogen) atoms. The van der Waals surface area contributed by atoms with Gasteiger partial charge in [0.25, 0.3) is 5.91 Å². The van der Waals surface area contributed by atoms with Crippen molar-refractivity contribution in [1.82, 2.24) is 4.98 Å². The highest BCUT2D eigenvalue weighted by molar-refractivity contribution is 9.10. The van der Waals surface area contributed by atoms with Crippen LogP contribution in [-0.2, 0) is 0 Å². The van der Waals surface area contributed by atoms with Crippen molar-refractivity contribution in [3.63, 3.8) is 0 Å². The molecule has 0 bridgehead atoms. The summed E-state index contributed by atoms with van der Waals surface area (Å²) in [6.45, 7) is 0. The molecule has 0 aliphatic rings. The van der Waals surface area contributed by atoms with Gasteiger partial charge in [-0.05, 0) is 51.6 Å². The largest absolute Gasteiger partial charge is 0.361 e. The third-order valence-electron chi connectivity index (χ3n) is 2.63. The number of halogens is 1. The number of aromatic amines is 1. The first-order valence-corrected chi connectivity index (χ1v) is 7.03. The molecule has 2 heterocycles. The van der Waals surface area contributed by atoms with Gasteiger partial charge in [0.15, 0.2) is 0 Å². The average Bonchev–Trinajstić information content (AvgIpc) is 2.96. The highest BCUT2D eigenvalue weighted by Gasteiger charge is 2.11. The van der Waals surface area contributed by atoms with Gasteiger partial charge in [0.1, 0.15) is 4.88 Å². The molecule has 5 heteroatoms. The first kappa shape index (κ1) is 11.5. The number of fused-ring (bicyclic) bond motifs is 1. The number of H-pyrrole nitrogens is 1. The van der Waals surface area contributed by atoms with Crippen molar-refractivity contribution in [2.75, 3.05) is 5.32 Å². The van der Waals surface area contributed by atoms with Crippen molar-refractivity contribution in [3.8, 4) is 0 Å². The summed E-state index contributed by atoms with van der Waals surface area (Å²) in [5.41, 5.74) is 1.86. The standard InChI is InChI=1S/C13H9BrN2OS/c14-10-4-6-18-12(10)13(17)16-9-1-2-11-8(7-9)3-5-15-11/h1-7,15H,(H,16,17). The van der Waals surface area contributed by atoms with Crippen molar-refractivity contribution in [3.05, 3.63) is 51.3 Å². The van der Waals surface area contributed by atoms with E-state index >= 15 is 0 Å². The van der Waals surface area contributed by atoms with E-state index in [4.69, 9.17) is 0 Å². The number of rotatable bonds is 2. The minimum absolute atomic E-state index is 0.0910. The first-order valence-electron chi connectivity index (χ1n) is 5.35. The summed E-state index contributed by atoms with van der Waals surface area (Å²) in [6.07, 6.45) is 1.88. The van der Waals surface area contributed by atoms with Crippen molar-refractivity contribution in [2.45, 2.75) is 0 Å². The van der Waals surface area contributed by atoms with Gasteiger partial charge in [0.05, 0.1) is 0 Å². The molecule has 0 radical (unpaired) electrons. The molecule has 0 unspecified atom stereocenters. The zero-order valence-corrected chi connectivity index (χ0v) is 11.6. The normalized spacial score (nSPS) is 10.7. The Balaban J connectivity index is 1.88. The van der Waals surface area contributed by atoms with Crippen LogP contribution in [0.4, 0.5) is 5.69 Å². The highest BCUT2D eigenvalue weighted by atomic mass is 79.9. The van der Waals surface area contributed by atoms with Crippen LogP contribution >= 0.6 is 27.3 Å². The molecular weight excluding hydrogens is 312 g/mol. The molecular formula is C13H9BrN2OS. The molecule has 2 N–H and O–H groups in total. The molecule has 0 aliphatic carbocycles. The number of amides is 1. The second kappa shape index (κ2) is 4.59. The Morgan fingerprint density at radius 2 is 2.17 bits per heavy atom. The average molecular weight is 321 g/mol. The van der Waals surface area contributed by atoms with E-state index in [0.717, 1.165) is 21.1 Å². The third-order valence-corrected chi connectivity index (χ3v) is 4.47. The maximum absolute atomic E-state index is 12.0. The summed E-state index contributed by atoms with van der Waals surface area (Å²) in [4.78, 5) is 15.8. The Bertz CT molecular complexity index is 716. The van der Waals surface area contributed by atoms with Gasteiger partial charge >= 0.3 is 0 Å². The van der Waals surface area contributed by atoms with E-state index in [1.165, 1.54) is 11.3 Å². The number of aromatic nitrogens is 1. The Hall–Kier alpha value is -1.59. The molecule has 0 atom stereocenters. The molecule has 0 fully saturated rings. The Labute approximate surface area is 116 Å². The number of hydrogen-bond acceptors (Lipinski definition) is 2.